The van der Waals surface area contributed by atoms with Gasteiger partial charge in [0, 0.05) is 19.3 Å². The smallest absolute Gasteiger partial charge is 0.267 e. The van der Waals surface area contributed by atoms with Crippen LogP contribution in [0.3, 0.4) is 0 Å². The van der Waals surface area contributed by atoms with Crippen molar-refractivity contribution in [3.8, 4) is 5.75 Å². The summed E-state index contributed by atoms with van der Waals surface area (Å²) >= 11 is 0. The molecule has 0 unspecified atom stereocenters. The van der Waals surface area contributed by atoms with E-state index >= 15 is 0 Å². The molecule has 0 saturated carbocycles. The van der Waals surface area contributed by atoms with Crippen LogP contribution in [0.15, 0.2) is 17.1 Å². The van der Waals surface area contributed by atoms with Crippen LogP contribution in [0.25, 0.3) is 0 Å². The first-order valence-electron chi connectivity index (χ1n) is 5.10. The van der Waals surface area contributed by atoms with Gasteiger partial charge < -0.3 is 9.47 Å². The van der Waals surface area contributed by atoms with Crippen molar-refractivity contribution in [3.05, 3.63) is 22.6 Å². The second-order valence-electron chi connectivity index (χ2n) is 3.65. The minimum atomic E-state index is -0.237. The molecule has 0 spiro atoms. The Balaban J connectivity index is 1.84. The summed E-state index contributed by atoms with van der Waals surface area (Å²) in [5.74, 6) is 1.06. The van der Waals surface area contributed by atoms with Crippen LogP contribution >= 0.6 is 0 Å². The SMILES string of the molecule is O=c1cc(OCC2CCOCC2)cn[nH]1. The van der Waals surface area contributed by atoms with Gasteiger partial charge in [-0.05, 0) is 18.8 Å². The molecule has 0 amide bonds. The van der Waals surface area contributed by atoms with Crippen molar-refractivity contribution in [2.24, 2.45) is 5.92 Å². The zero-order valence-corrected chi connectivity index (χ0v) is 8.44. The van der Waals surface area contributed by atoms with E-state index in [1.165, 1.54) is 12.3 Å². The number of hydrogen-bond acceptors (Lipinski definition) is 4. The number of nitrogens with one attached hydrogen (secondary N) is 1. The monoisotopic (exact) mass is 210 g/mol. The second-order valence-corrected chi connectivity index (χ2v) is 3.65. The lowest BCUT2D eigenvalue weighted by atomic mass is 10.0. The lowest BCUT2D eigenvalue weighted by Gasteiger charge is -2.21. The average molecular weight is 210 g/mol. The third kappa shape index (κ3) is 3.06. The minimum absolute atomic E-state index is 0.237. The quantitative estimate of drug-likeness (QED) is 0.792. The predicted molar refractivity (Wildman–Crippen MR) is 53.9 cm³/mol. The van der Waals surface area contributed by atoms with Crippen LogP contribution in [0.1, 0.15) is 12.8 Å². The number of nitrogens with zero attached hydrogens (tertiary/aromatic N) is 1. The fourth-order valence-corrected chi connectivity index (χ4v) is 1.56. The molecular formula is C10H14N2O3. The molecule has 1 N–H and O–H groups in total. The van der Waals surface area contributed by atoms with Gasteiger partial charge in [0.15, 0.2) is 0 Å². The van der Waals surface area contributed by atoms with Crippen LogP contribution in [0.2, 0.25) is 0 Å². The molecule has 1 aromatic heterocycles. The third-order valence-corrected chi connectivity index (χ3v) is 2.47. The molecule has 1 saturated heterocycles. The average Bonchev–Trinajstić information content (AvgIpc) is 2.28. The highest BCUT2D eigenvalue weighted by Gasteiger charge is 2.14. The lowest BCUT2D eigenvalue weighted by molar-refractivity contribution is 0.0496. The fourth-order valence-electron chi connectivity index (χ4n) is 1.56. The number of ether oxygens (including phenoxy) is 2. The van der Waals surface area contributed by atoms with Gasteiger partial charge in [-0.3, -0.25) is 4.79 Å². The standard InChI is InChI=1S/C10H14N2O3/c13-10-5-9(6-11-12-10)15-7-8-1-3-14-4-2-8/h5-6,8H,1-4,7H2,(H,12,13). The van der Waals surface area contributed by atoms with Gasteiger partial charge in [-0.25, -0.2) is 5.10 Å². The molecule has 0 bridgehead atoms. The predicted octanol–water partition coefficient (Wildman–Crippen LogP) is 0.575. The Morgan fingerprint density at radius 2 is 2.33 bits per heavy atom. The maximum atomic E-state index is 10.9. The Labute approximate surface area is 87.4 Å². The zero-order valence-electron chi connectivity index (χ0n) is 8.44. The maximum Gasteiger partial charge on any atom is 0.267 e. The molecule has 1 aliphatic rings. The highest BCUT2D eigenvalue weighted by atomic mass is 16.5. The van der Waals surface area contributed by atoms with E-state index < -0.39 is 0 Å². The summed E-state index contributed by atoms with van der Waals surface area (Å²) in [6, 6.07) is 1.41. The topological polar surface area (TPSA) is 64.2 Å². The normalized spacial score (nSPS) is 17.6. The molecular weight excluding hydrogens is 196 g/mol. The Bertz CT molecular complexity index is 358. The van der Waals surface area contributed by atoms with Gasteiger partial charge >= 0.3 is 0 Å². The van der Waals surface area contributed by atoms with Crippen molar-refractivity contribution < 1.29 is 9.47 Å². The van der Waals surface area contributed by atoms with Gasteiger partial charge in [0.05, 0.1) is 12.8 Å². The Morgan fingerprint density at radius 1 is 1.53 bits per heavy atom. The third-order valence-electron chi connectivity index (χ3n) is 2.47. The summed E-state index contributed by atoms with van der Waals surface area (Å²) in [7, 11) is 0. The van der Waals surface area contributed by atoms with E-state index in [0.717, 1.165) is 26.1 Å². The molecule has 0 radical (unpaired) electrons. The Kier molecular flexibility index (Phi) is 3.34. The Hall–Kier alpha value is -1.36. The van der Waals surface area contributed by atoms with E-state index in [2.05, 4.69) is 10.2 Å². The van der Waals surface area contributed by atoms with Gasteiger partial charge in [0.2, 0.25) is 0 Å². The van der Waals surface area contributed by atoms with Gasteiger partial charge in [-0.2, -0.15) is 5.10 Å². The first-order chi connectivity index (χ1) is 7.34. The van der Waals surface area contributed by atoms with Crippen molar-refractivity contribution in [1.29, 1.82) is 0 Å². The van der Waals surface area contributed by atoms with Crippen molar-refractivity contribution in [1.82, 2.24) is 10.2 Å². The molecule has 0 atom stereocenters. The van der Waals surface area contributed by atoms with Crippen LogP contribution in [0.5, 0.6) is 5.75 Å². The summed E-state index contributed by atoms with van der Waals surface area (Å²) < 4.78 is 10.7. The van der Waals surface area contributed by atoms with Crippen LogP contribution in [-0.4, -0.2) is 30.0 Å². The molecule has 1 aromatic rings. The van der Waals surface area contributed by atoms with Crippen molar-refractivity contribution in [2.75, 3.05) is 19.8 Å². The summed E-state index contributed by atoms with van der Waals surface area (Å²) in [6.07, 6.45) is 3.56. The van der Waals surface area contributed by atoms with Crippen molar-refractivity contribution in [2.45, 2.75) is 12.8 Å². The van der Waals surface area contributed by atoms with Crippen molar-refractivity contribution in [3.63, 3.8) is 0 Å². The highest BCUT2D eigenvalue weighted by molar-refractivity contribution is 5.12. The number of hydrogen-bond donors (Lipinski definition) is 1. The molecule has 0 aromatic carbocycles. The van der Waals surface area contributed by atoms with Crippen molar-refractivity contribution >= 4 is 0 Å². The Morgan fingerprint density at radius 3 is 3.07 bits per heavy atom. The van der Waals surface area contributed by atoms with Gasteiger partial charge in [0.1, 0.15) is 5.75 Å². The first-order valence-corrected chi connectivity index (χ1v) is 5.10. The summed E-state index contributed by atoms with van der Waals surface area (Å²) in [4.78, 5) is 10.9. The molecule has 82 valence electrons. The zero-order chi connectivity index (χ0) is 10.5. The van der Waals surface area contributed by atoms with Gasteiger partial charge in [-0.15, -0.1) is 0 Å². The molecule has 5 heteroatoms. The van der Waals surface area contributed by atoms with Gasteiger partial charge in [-0.1, -0.05) is 0 Å². The van der Waals surface area contributed by atoms with Crippen LogP contribution < -0.4 is 10.3 Å². The molecule has 15 heavy (non-hydrogen) atoms. The number of aromatic nitrogens is 2. The maximum absolute atomic E-state index is 10.9. The molecule has 1 fully saturated rings. The fraction of sp³-hybridized carbons (Fsp3) is 0.600. The van der Waals surface area contributed by atoms with E-state index in [-0.39, 0.29) is 5.56 Å². The van der Waals surface area contributed by atoms with Crippen LogP contribution in [0.4, 0.5) is 0 Å². The highest BCUT2D eigenvalue weighted by Crippen LogP contribution is 2.16. The summed E-state index contributed by atoms with van der Waals surface area (Å²) in [5.41, 5.74) is -0.237. The van der Waals surface area contributed by atoms with Gasteiger partial charge in [0.25, 0.3) is 5.56 Å². The van der Waals surface area contributed by atoms with E-state index in [0.29, 0.717) is 18.3 Å². The number of rotatable bonds is 3. The largest absolute Gasteiger partial charge is 0.491 e. The van der Waals surface area contributed by atoms with E-state index in [1.54, 1.807) is 0 Å². The first kappa shape index (κ1) is 10.2. The van der Waals surface area contributed by atoms with E-state index in [4.69, 9.17) is 9.47 Å². The molecule has 2 heterocycles. The van der Waals surface area contributed by atoms with E-state index in [1.807, 2.05) is 0 Å². The second kappa shape index (κ2) is 4.93. The molecule has 2 rings (SSSR count). The molecule has 5 nitrogen and oxygen atoms in total. The minimum Gasteiger partial charge on any atom is -0.491 e. The lowest BCUT2D eigenvalue weighted by Crippen LogP contribution is -2.21. The molecule has 1 aliphatic heterocycles. The van der Waals surface area contributed by atoms with Crippen LogP contribution in [-0.2, 0) is 4.74 Å². The van der Waals surface area contributed by atoms with E-state index in [9.17, 15) is 4.79 Å². The summed E-state index contributed by atoms with van der Waals surface area (Å²) in [6.45, 7) is 2.25. The number of H-pyrrole nitrogens is 1. The summed E-state index contributed by atoms with van der Waals surface area (Å²) in [5, 5.41) is 5.96. The molecule has 0 aliphatic carbocycles. The van der Waals surface area contributed by atoms with Crippen LogP contribution in [0, 0.1) is 5.92 Å². The number of aromatic amines is 1.